The van der Waals surface area contributed by atoms with Gasteiger partial charge in [0.2, 0.25) is 5.91 Å². The molecule has 0 atom stereocenters. The molecule has 2 aromatic rings. The quantitative estimate of drug-likeness (QED) is 0.751. The number of carbonyl (C=O) groups is 1. The Kier molecular flexibility index (Phi) is 3.46. The van der Waals surface area contributed by atoms with Gasteiger partial charge in [-0.3, -0.25) is 4.79 Å². The molecule has 1 N–H and O–H groups in total. The third kappa shape index (κ3) is 2.54. The third-order valence-electron chi connectivity index (χ3n) is 6.46. The molecule has 0 radical (unpaired) electrons. The number of nitrogens with zero attached hydrogens (tertiary/aromatic N) is 1. The maximum Gasteiger partial charge on any atom is 0.418 e. The first-order chi connectivity index (χ1) is 12.3. The number of amides is 1. The molecule has 1 heterocycles. The van der Waals surface area contributed by atoms with E-state index in [0.717, 1.165) is 36.7 Å². The van der Waals surface area contributed by atoms with Gasteiger partial charge < -0.3 is 5.32 Å². The molecule has 0 spiro atoms. The molecule has 0 saturated heterocycles. The Morgan fingerprint density at radius 2 is 1.73 bits per heavy atom. The van der Waals surface area contributed by atoms with E-state index in [9.17, 15) is 18.0 Å². The van der Waals surface area contributed by atoms with E-state index in [-0.39, 0.29) is 22.0 Å². The number of hydrogen-bond donors (Lipinski definition) is 1. The maximum atomic E-state index is 13.2. The molecule has 4 fully saturated rings. The van der Waals surface area contributed by atoms with E-state index in [1.807, 2.05) is 0 Å². The zero-order valence-electron chi connectivity index (χ0n) is 14.1. The van der Waals surface area contributed by atoms with Crippen LogP contribution in [0.25, 0.3) is 10.2 Å². The molecular weight excluding hydrogens is 361 g/mol. The van der Waals surface area contributed by atoms with Crippen molar-refractivity contribution in [3.05, 3.63) is 23.8 Å². The number of carbonyl (C=O) groups excluding carboxylic acids is 1. The normalized spacial score (nSPS) is 33.0. The molecule has 0 unspecified atom stereocenters. The minimum Gasteiger partial charge on any atom is -0.301 e. The Labute approximate surface area is 153 Å². The van der Waals surface area contributed by atoms with Gasteiger partial charge in [0.1, 0.15) is 0 Å². The van der Waals surface area contributed by atoms with E-state index in [4.69, 9.17) is 0 Å². The summed E-state index contributed by atoms with van der Waals surface area (Å²) in [5.74, 6) is 1.88. The number of benzene rings is 1. The largest absolute Gasteiger partial charge is 0.418 e. The van der Waals surface area contributed by atoms with Crippen molar-refractivity contribution in [1.29, 1.82) is 0 Å². The zero-order chi connectivity index (χ0) is 18.1. The first kappa shape index (κ1) is 16.5. The highest BCUT2D eigenvalue weighted by Gasteiger charge is 2.54. The van der Waals surface area contributed by atoms with Crippen molar-refractivity contribution in [2.45, 2.75) is 44.7 Å². The second kappa shape index (κ2) is 5.44. The van der Waals surface area contributed by atoms with Crippen LogP contribution < -0.4 is 5.32 Å². The lowest BCUT2D eigenvalue weighted by molar-refractivity contribution is -0.140. The van der Waals surface area contributed by atoms with Crippen molar-refractivity contribution in [1.82, 2.24) is 4.98 Å². The molecule has 1 amide bonds. The Bertz CT molecular complexity index is 853. The van der Waals surface area contributed by atoms with Crippen molar-refractivity contribution in [2.24, 2.45) is 23.2 Å². The maximum absolute atomic E-state index is 13.2. The van der Waals surface area contributed by atoms with Gasteiger partial charge in [0, 0.05) is 0 Å². The number of halogens is 3. The van der Waals surface area contributed by atoms with Crippen LogP contribution in [0.5, 0.6) is 0 Å². The van der Waals surface area contributed by atoms with E-state index >= 15 is 0 Å². The second-order valence-electron chi connectivity index (χ2n) is 8.32. The summed E-state index contributed by atoms with van der Waals surface area (Å²) >= 11 is 1.12. The first-order valence-corrected chi connectivity index (χ1v) is 9.92. The van der Waals surface area contributed by atoms with Gasteiger partial charge in [-0.2, -0.15) is 13.2 Å². The molecule has 1 aromatic carbocycles. The molecule has 7 heteroatoms. The average molecular weight is 380 g/mol. The number of alkyl halides is 3. The average Bonchev–Trinajstić information content (AvgIpc) is 2.94. The van der Waals surface area contributed by atoms with E-state index < -0.39 is 11.7 Å². The highest BCUT2D eigenvalue weighted by molar-refractivity contribution is 7.22. The minimum atomic E-state index is -4.45. The fraction of sp³-hybridized carbons (Fsp3) is 0.579. The molecule has 4 saturated carbocycles. The monoisotopic (exact) mass is 380 g/mol. The van der Waals surface area contributed by atoms with Gasteiger partial charge in [0.15, 0.2) is 5.13 Å². The number of hydrogen-bond acceptors (Lipinski definition) is 3. The van der Waals surface area contributed by atoms with Crippen LogP contribution in [-0.2, 0) is 11.0 Å². The van der Waals surface area contributed by atoms with Gasteiger partial charge in [-0.25, -0.2) is 4.98 Å². The SMILES string of the molecule is O=C(Nc1nc2c(C(F)(F)F)cccc2s1)C12CC3CC(CC(C3)C1)C2. The highest BCUT2D eigenvalue weighted by atomic mass is 32.1. The molecule has 4 aliphatic rings. The number of rotatable bonds is 2. The van der Waals surface area contributed by atoms with Gasteiger partial charge in [-0.1, -0.05) is 17.4 Å². The fourth-order valence-electron chi connectivity index (χ4n) is 5.85. The standard InChI is InChI=1S/C19H19F3N2OS/c20-19(21,22)13-2-1-3-14-15(13)23-17(26-14)24-16(25)18-7-10-4-11(8-18)6-12(5-10)9-18/h1-3,10-12H,4-9H2,(H,23,24,25). The first-order valence-electron chi connectivity index (χ1n) is 9.11. The summed E-state index contributed by atoms with van der Waals surface area (Å²) < 4.78 is 40.0. The predicted molar refractivity (Wildman–Crippen MR) is 93.9 cm³/mol. The lowest BCUT2D eigenvalue weighted by Gasteiger charge is -2.55. The molecule has 4 bridgehead atoms. The molecule has 26 heavy (non-hydrogen) atoms. The van der Waals surface area contributed by atoms with Crippen LogP contribution in [0.4, 0.5) is 18.3 Å². The summed E-state index contributed by atoms with van der Waals surface area (Å²) in [5.41, 5.74) is -1.16. The van der Waals surface area contributed by atoms with Crippen LogP contribution in [0.1, 0.15) is 44.1 Å². The summed E-state index contributed by atoms with van der Waals surface area (Å²) in [6, 6.07) is 4.03. The number of nitrogens with one attached hydrogen (secondary N) is 1. The van der Waals surface area contributed by atoms with Crippen LogP contribution in [0.2, 0.25) is 0 Å². The lowest BCUT2D eigenvalue weighted by Crippen LogP contribution is -2.51. The van der Waals surface area contributed by atoms with Crippen molar-refractivity contribution in [3.8, 4) is 0 Å². The summed E-state index contributed by atoms with van der Waals surface area (Å²) in [5, 5.41) is 3.14. The molecule has 6 rings (SSSR count). The van der Waals surface area contributed by atoms with Gasteiger partial charge in [-0.05, 0) is 68.4 Å². The molecule has 4 aliphatic carbocycles. The number of fused-ring (bicyclic) bond motifs is 1. The van der Waals surface area contributed by atoms with Crippen LogP contribution >= 0.6 is 11.3 Å². The summed E-state index contributed by atoms with van der Waals surface area (Å²) in [6.45, 7) is 0. The summed E-state index contributed by atoms with van der Waals surface area (Å²) in [6.07, 6.45) is 2.03. The zero-order valence-corrected chi connectivity index (χ0v) is 14.9. The molecule has 3 nitrogen and oxygen atoms in total. The molecule has 1 aromatic heterocycles. The number of anilines is 1. The van der Waals surface area contributed by atoms with Crippen molar-refractivity contribution >= 4 is 32.6 Å². The summed E-state index contributed by atoms with van der Waals surface area (Å²) in [7, 11) is 0. The Balaban J connectivity index is 1.44. The van der Waals surface area contributed by atoms with Crippen LogP contribution in [0, 0.1) is 23.2 Å². The number of thiazole rings is 1. The predicted octanol–water partition coefficient (Wildman–Crippen LogP) is 5.47. The topological polar surface area (TPSA) is 42.0 Å². The molecule has 138 valence electrons. The van der Waals surface area contributed by atoms with E-state index in [1.165, 1.54) is 25.3 Å². The van der Waals surface area contributed by atoms with Crippen LogP contribution in [0.15, 0.2) is 18.2 Å². The van der Waals surface area contributed by atoms with Gasteiger partial charge in [0.05, 0.1) is 21.2 Å². The van der Waals surface area contributed by atoms with E-state index in [1.54, 1.807) is 6.07 Å². The Morgan fingerprint density at radius 1 is 1.12 bits per heavy atom. The third-order valence-corrected chi connectivity index (χ3v) is 7.40. The second-order valence-corrected chi connectivity index (χ2v) is 9.35. The highest BCUT2D eigenvalue weighted by Crippen LogP contribution is 2.60. The molecular formula is C19H19F3N2OS. The van der Waals surface area contributed by atoms with E-state index in [2.05, 4.69) is 10.3 Å². The van der Waals surface area contributed by atoms with Crippen LogP contribution in [-0.4, -0.2) is 10.9 Å². The fourth-order valence-corrected chi connectivity index (χ4v) is 6.74. The van der Waals surface area contributed by atoms with Crippen molar-refractivity contribution in [3.63, 3.8) is 0 Å². The Hall–Kier alpha value is -1.63. The number of para-hydroxylation sites is 1. The van der Waals surface area contributed by atoms with Crippen molar-refractivity contribution in [2.75, 3.05) is 5.32 Å². The summed E-state index contributed by atoms with van der Waals surface area (Å²) in [4.78, 5) is 17.2. The Morgan fingerprint density at radius 3 is 2.31 bits per heavy atom. The molecule has 0 aliphatic heterocycles. The van der Waals surface area contributed by atoms with Gasteiger partial charge in [-0.15, -0.1) is 0 Å². The van der Waals surface area contributed by atoms with Gasteiger partial charge in [0.25, 0.3) is 0 Å². The van der Waals surface area contributed by atoms with Crippen molar-refractivity contribution < 1.29 is 18.0 Å². The minimum absolute atomic E-state index is 0.0378. The van der Waals surface area contributed by atoms with Gasteiger partial charge >= 0.3 is 6.18 Å². The van der Waals surface area contributed by atoms with E-state index in [0.29, 0.717) is 22.5 Å². The van der Waals surface area contributed by atoms with Crippen LogP contribution in [0.3, 0.4) is 0 Å². The smallest absolute Gasteiger partial charge is 0.301 e. The number of aromatic nitrogens is 1. The lowest BCUT2D eigenvalue weighted by atomic mass is 9.49.